The number of halogens is 2. The number of nitrogen functional groups attached to an aromatic ring is 1. The summed E-state index contributed by atoms with van der Waals surface area (Å²) in [5.74, 6) is 2.07. The SMILES string of the molecule is Cc1nc(N)c(COc2cccc(Cl)c2)c[n+]1C.[O-][Cl+3]([O-])([O-])[O-]. The first-order valence-electron chi connectivity index (χ1n) is 6.18. The summed E-state index contributed by atoms with van der Waals surface area (Å²) in [4.78, 5) is 4.24. The van der Waals surface area contributed by atoms with Gasteiger partial charge in [0, 0.05) is 11.9 Å². The Bertz CT molecular complexity index is 659. The lowest BCUT2D eigenvalue weighted by Gasteiger charge is -2.17. The molecule has 0 aliphatic carbocycles. The third-order valence-corrected chi connectivity index (χ3v) is 2.90. The lowest BCUT2D eigenvalue weighted by atomic mass is 10.3. The molecule has 1 heterocycles. The summed E-state index contributed by atoms with van der Waals surface area (Å²) in [5, 5.41) is 0.646. The third-order valence-electron chi connectivity index (χ3n) is 2.66. The van der Waals surface area contributed by atoms with Gasteiger partial charge in [0.25, 0.3) is 5.82 Å². The van der Waals surface area contributed by atoms with Gasteiger partial charge in [-0.2, -0.15) is 0 Å². The van der Waals surface area contributed by atoms with Gasteiger partial charge in [-0.05, 0) is 23.2 Å². The van der Waals surface area contributed by atoms with Crippen molar-refractivity contribution in [3.8, 4) is 5.75 Å². The molecule has 8 nitrogen and oxygen atoms in total. The molecule has 126 valence electrons. The number of rotatable bonds is 3. The van der Waals surface area contributed by atoms with Gasteiger partial charge >= 0.3 is 0 Å². The number of nitrogens with zero attached hydrogens (tertiary/aromatic N) is 2. The molecule has 0 bridgehead atoms. The van der Waals surface area contributed by atoms with Crippen LogP contribution >= 0.6 is 11.6 Å². The van der Waals surface area contributed by atoms with Crippen LogP contribution in [0.4, 0.5) is 5.82 Å². The number of aryl methyl sites for hydroxylation is 2. The van der Waals surface area contributed by atoms with Crippen LogP contribution in [0.15, 0.2) is 30.5 Å². The van der Waals surface area contributed by atoms with Crippen LogP contribution in [0.2, 0.25) is 5.02 Å². The minimum atomic E-state index is -4.94. The zero-order chi connectivity index (χ0) is 17.6. The van der Waals surface area contributed by atoms with E-state index in [9.17, 15) is 0 Å². The summed E-state index contributed by atoms with van der Waals surface area (Å²) in [6.07, 6.45) is 1.92. The first-order valence-corrected chi connectivity index (χ1v) is 7.79. The molecule has 0 aliphatic heterocycles. The standard InChI is InChI=1S/C13H14ClN3O.ClHO4/c1-9-16-13(15)10(7-17(9)2)8-18-12-5-3-4-11(14)6-12;2-1(3,4)5/h3-7,15H,8H2,1-2H3;(H,2,3,4,5). The van der Waals surface area contributed by atoms with Crippen molar-refractivity contribution in [1.29, 1.82) is 0 Å². The van der Waals surface area contributed by atoms with E-state index in [1.165, 1.54) is 0 Å². The van der Waals surface area contributed by atoms with Crippen molar-refractivity contribution >= 4 is 17.4 Å². The molecule has 0 spiro atoms. The highest BCUT2D eigenvalue weighted by molar-refractivity contribution is 6.30. The average molecular weight is 364 g/mol. The lowest BCUT2D eigenvalue weighted by Crippen LogP contribution is -2.68. The molecule has 2 N–H and O–H groups in total. The Morgan fingerprint density at radius 2 is 1.91 bits per heavy atom. The number of hydrogen-bond acceptors (Lipinski definition) is 7. The monoisotopic (exact) mass is 363 g/mol. The second-order valence-electron chi connectivity index (χ2n) is 4.43. The molecule has 0 fully saturated rings. The maximum atomic E-state index is 8.49. The second kappa shape index (κ2) is 8.25. The smallest absolute Gasteiger partial charge is 0.297 e. The van der Waals surface area contributed by atoms with Gasteiger partial charge in [-0.15, -0.1) is 10.2 Å². The molecule has 0 aliphatic rings. The maximum Gasteiger partial charge on any atom is 0.297 e. The molecule has 0 saturated carbocycles. The number of hydrogen-bond donors (Lipinski definition) is 1. The summed E-state index contributed by atoms with van der Waals surface area (Å²) < 4.78 is 41.5. The predicted molar refractivity (Wildman–Crippen MR) is 70.3 cm³/mol. The summed E-state index contributed by atoms with van der Waals surface area (Å²) in [7, 11) is -3.02. The van der Waals surface area contributed by atoms with E-state index < -0.39 is 10.2 Å². The molecule has 0 amide bonds. The molecule has 1 aromatic heterocycles. The Labute approximate surface area is 140 Å². The van der Waals surface area contributed by atoms with Crippen LogP contribution < -0.4 is 33.7 Å². The quantitative estimate of drug-likeness (QED) is 0.582. The Morgan fingerprint density at radius 3 is 2.48 bits per heavy atom. The van der Waals surface area contributed by atoms with Crippen LogP contribution in [0.1, 0.15) is 11.4 Å². The van der Waals surface area contributed by atoms with Crippen molar-refractivity contribution in [3.63, 3.8) is 0 Å². The summed E-state index contributed by atoms with van der Waals surface area (Å²) in [6, 6.07) is 7.26. The second-order valence-corrected chi connectivity index (χ2v) is 5.63. The molecule has 10 heteroatoms. The maximum absolute atomic E-state index is 8.49. The van der Waals surface area contributed by atoms with Gasteiger partial charge in [-0.1, -0.05) is 17.7 Å². The highest BCUT2D eigenvalue weighted by Crippen LogP contribution is 2.19. The molecule has 0 radical (unpaired) electrons. The average Bonchev–Trinajstić information content (AvgIpc) is 2.40. The minimum absolute atomic E-state index is 0.368. The number of anilines is 1. The van der Waals surface area contributed by atoms with Crippen LogP contribution in [0.3, 0.4) is 0 Å². The summed E-state index contributed by atoms with van der Waals surface area (Å²) >= 11 is 5.88. The van der Waals surface area contributed by atoms with Gasteiger partial charge in [0.15, 0.2) is 0 Å². The Kier molecular flexibility index (Phi) is 6.95. The van der Waals surface area contributed by atoms with Gasteiger partial charge in [-0.3, -0.25) is 0 Å². The third kappa shape index (κ3) is 7.93. The molecule has 0 atom stereocenters. The van der Waals surface area contributed by atoms with Gasteiger partial charge in [0.05, 0.1) is 12.6 Å². The largest absolute Gasteiger partial charge is 0.488 e. The first kappa shape index (κ1) is 19.4. The first-order chi connectivity index (χ1) is 10.6. The van der Waals surface area contributed by atoms with Crippen LogP contribution in [0.5, 0.6) is 5.75 Å². The van der Waals surface area contributed by atoms with Crippen molar-refractivity contribution in [2.75, 3.05) is 5.73 Å². The zero-order valence-electron chi connectivity index (χ0n) is 12.4. The van der Waals surface area contributed by atoms with Gasteiger partial charge in [-0.25, -0.2) is 23.2 Å². The van der Waals surface area contributed by atoms with Crippen LogP contribution in [0.25, 0.3) is 0 Å². The van der Waals surface area contributed by atoms with E-state index >= 15 is 0 Å². The fourth-order valence-electron chi connectivity index (χ4n) is 1.55. The normalized spacial score (nSPS) is 10.7. The highest BCUT2D eigenvalue weighted by atomic mass is 35.7. The van der Waals surface area contributed by atoms with E-state index in [0.29, 0.717) is 23.2 Å². The van der Waals surface area contributed by atoms with E-state index in [0.717, 1.165) is 11.4 Å². The van der Waals surface area contributed by atoms with E-state index in [1.54, 1.807) is 12.1 Å². The Hall–Kier alpha value is -1.68. The fraction of sp³-hybridized carbons (Fsp3) is 0.231. The van der Waals surface area contributed by atoms with Gasteiger partial charge in [0.2, 0.25) is 5.82 Å². The van der Waals surface area contributed by atoms with Crippen molar-refractivity contribution < 1.29 is 38.2 Å². The van der Waals surface area contributed by atoms with Crippen LogP contribution in [-0.2, 0) is 13.7 Å². The molecule has 0 saturated heterocycles. The number of nitrogens with two attached hydrogens (primary N) is 1. The molecule has 0 unspecified atom stereocenters. The predicted octanol–water partition coefficient (Wildman–Crippen LogP) is -2.73. The van der Waals surface area contributed by atoms with Crippen molar-refractivity contribution in [3.05, 3.63) is 46.9 Å². The van der Waals surface area contributed by atoms with Crippen molar-refractivity contribution in [2.45, 2.75) is 13.5 Å². The van der Waals surface area contributed by atoms with Crippen LogP contribution in [-0.4, -0.2) is 4.98 Å². The molecular weight excluding hydrogens is 349 g/mol. The van der Waals surface area contributed by atoms with E-state index in [-0.39, 0.29) is 0 Å². The van der Waals surface area contributed by atoms with E-state index in [2.05, 4.69) is 4.98 Å². The molecule has 2 aromatic rings. The molecule has 2 rings (SSSR count). The number of aromatic nitrogens is 2. The van der Waals surface area contributed by atoms with E-state index in [1.807, 2.05) is 36.9 Å². The van der Waals surface area contributed by atoms with Gasteiger partial charge < -0.3 is 10.5 Å². The Balaban J connectivity index is 0.000000463. The fourth-order valence-corrected chi connectivity index (χ4v) is 1.73. The van der Waals surface area contributed by atoms with Crippen LogP contribution in [0, 0.1) is 17.2 Å². The molecular formula is C13H15Cl2N3O5. The Morgan fingerprint density at radius 1 is 1.30 bits per heavy atom. The van der Waals surface area contributed by atoms with E-state index in [4.69, 9.17) is 40.7 Å². The molecule has 1 aromatic carbocycles. The minimum Gasteiger partial charge on any atom is -0.488 e. The number of ether oxygens (including phenoxy) is 1. The number of benzene rings is 1. The molecule has 23 heavy (non-hydrogen) atoms. The van der Waals surface area contributed by atoms with Crippen molar-refractivity contribution in [2.24, 2.45) is 7.05 Å². The summed E-state index contributed by atoms with van der Waals surface area (Å²) in [6.45, 7) is 2.27. The lowest BCUT2D eigenvalue weighted by molar-refractivity contribution is -2.00. The van der Waals surface area contributed by atoms with Crippen molar-refractivity contribution in [1.82, 2.24) is 4.98 Å². The highest BCUT2D eigenvalue weighted by Gasteiger charge is 2.12. The zero-order valence-corrected chi connectivity index (χ0v) is 13.9. The topological polar surface area (TPSA) is 144 Å². The summed E-state index contributed by atoms with van der Waals surface area (Å²) in [5.41, 5.74) is 6.70. The van der Waals surface area contributed by atoms with Gasteiger partial charge in [0.1, 0.15) is 18.6 Å².